The number of hydrogen-bond donors (Lipinski definition) is 1. The molecule has 0 atom stereocenters. The molecule has 1 amide bonds. The van der Waals surface area contributed by atoms with Crippen LogP contribution in [0.4, 0.5) is 0 Å². The van der Waals surface area contributed by atoms with Crippen LogP contribution in [0.25, 0.3) is 0 Å². The van der Waals surface area contributed by atoms with E-state index in [0.717, 1.165) is 24.1 Å². The van der Waals surface area contributed by atoms with Gasteiger partial charge in [0.25, 0.3) is 5.91 Å². The Balaban J connectivity index is 1.06. The minimum absolute atomic E-state index is 0.0589. The third-order valence-electron chi connectivity index (χ3n) is 8.12. The van der Waals surface area contributed by atoms with Crippen LogP contribution >= 0.6 is 0 Å². The summed E-state index contributed by atoms with van der Waals surface area (Å²) in [5.74, 6) is 0.451. The highest BCUT2D eigenvalue weighted by Crippen LogP contribution is 2.52. The third kappa shape index (κ3) is 5.21. The summed E-state index contributed by atoms with van der Waals surface area (Å²) in [5, 5.41) is 29.4. The van der Waals surface area contributed by atoms with E-state index in [1.807, 2.05) is 36.5 Å². The molecule has 4 aromatic rings. The van der Waals surface area contributed by atoms with Gasteiger partial charge in [0.2, 0.25) is 0 Å². The summed E-state index contributed by atoms with van der Waals surface area (Å²) < 4.78 is 7.59. The van der Waals surface area contributed by atoms with E-state index in [9.17, 15) is 15.2 Å². The molecule has 1 saturated heterocycles. The fourth-order valence-corrected chi connectivity index (χ4v) is 5.58. The first kappa shape index (κ1) is 25.8. The zero-order valence-corrected chi connectivity index (χ0v) is 22.2. The summed E-state index contributed by atoms with van der Waals surface area (Å²) >= 11 is 0. The minimum Gasteiger partial charge on any atom is -0.488 e. The molecule has 8 heteroatoms. The van der Waals surface area contributed by atoms with E-state index in [-0.39, 0.29) is 17.9 Å². The number of likely N-dealkylation sites (tertiary alicyclic amines) is 1. The van der Waals surface area contributed by atoms with Crippen molar-refractivity contribution < 1.29 is 14.6 Å². The molecule has 1 N–H and O–H groups in total. The van der Waals surface area contributed by atoms with Crippen LogP contribution in [0.1, 0.15) is 58.4 Å². The first-order valence-electron chi connectivity index (χ1n) is 13.7. The summed E-state index contributed by atoms with van der Waals surface area (Å²) in [6.45, 7) is 1.52. The predicted octanol–water partition coefficient (Wildman–Crippen LogP) is 4.48. The van der Waals surface area contributed by atoms with Gasteiger partial charge >= 0.3 is 0 Å². The lowest BCUT2D eigenvalue weighted by molar-refractivity contribution is -0.0318. The van der Waals surface area contributed by atoms with Crippen molar-refractivity contribution in [2.75, 3.05) is 13.1 Å². The number of rotatable bonds is 8. The Kier molecular flexibility index (Phi) is 6.82. The zero-order chi connectivity index (χ0) is 27.6. The van der Waals surface area contributed by atoms with Crippen molar-refractivity contribution in [3.63, 3.8) is 0 Å². The van der Waals surface area contributed by atoms with Crippen molar-refractivity contribution in [3.05, 3.63) is 113 Å². The van der Waals surface area contributed by atoms with Crippen molar-refractivity contribution in [1.82, 2.24) is 19.9 Å². The van der Waals surface area contributed by atoms with Gasteiger partial charge in [0.1, 0.15) is 18.4 Å². The van der Waals surface area contributed by atoms with Gasteiger partial charge in [0.15, 0.2) is 0 Å². The molecule has 1 aliphatic carbocycles. The van der Waals surface area contributed by atoms with Gasteiger partial charge in [-0.25, -0.2) is 4.68 Å². The fourth-order valence-electron chi connectivity index (χ4n) is 5.58. The SMILES string of the molecule is N#Cc1ccccc1OCc1cccc(C(=O)N2CCC(O)(Cn3cc(C4(c5ccccc5)CC4)nn3)CC2)c1. The number of amides is 1. The molecule has 1 saturated carbocycles. The van der Waals surface area contributed by atoms with Gasteiger partial charge in [-0.2, -0.15) is 5.26 Å². The van der Waals surface area contributed by atoms with Crippen LogP contribution in [0.2, 0.25) is 0 Å². The van der Waals surface area contributed by atoms with Crippen molar-refractivity contribution in [3.8, 4) is 11.8 Å². The summed E-state index contributed by atoms with van der Waals surface area (Å²) in [4.78, 5) is 15.1. The van der Waals surface area contributed by atoms with Crippen LogP contribution in [0.5, 0.6) is 5.75 Å². The number of ether oxygens (including phenoxy) is 1. The Bertz CT molecular complexity index is 1550. The second-order valence-corrected chi connectivity index (χ2v) is 10.9. The van der Waals surface area contributed by atoms with Crippen molar-refractivity contribution in [2.45, 2.75) is 49.9 Å². The molecule has 0 unspecified atom stereocenters. The maximum absolute atomic E-state index is 13.3. The highest BCUT2D eigenvalue weighted by Gasteiger charge is 2.48. The number of piperidine rings is 1. The number of aromatic nitrogens is 3. The monoisotopic (exact) mass is 533 g/mol. The largest absolute Gasteiger partial charge is 0.488 e. The Morgan fingerprint density at radius 1 is 0.975 bits per heavy atom. The third-order valence-corrected chi connectivity index (χ3v) is 8.12. The summed E-state index contributed by atoms with van der Waals surface area (Å²) in [6.07, 6.45) is 5.00. The summed E-state index contributed by atoms with van der Waals surface area (Å²) in [6, 6.07) is 27.0. The zero-order valence-electron chi connectivity index (χ0n) is 22.2. The molecule has 0 radical (unpaired) electrons. The van der Waals surface area contributed by atoms with Crippen LogP contribution in [0, 0.1) is 11.3 Å². The molecule has 3 aromatic carbocycles. The summed E-state index contributed by atoms with van der Waals surface area (Å²) in [7, 11) is 0. The van der Waals surface area contributed by atoms with Crippen LogP contribution < -0.4 is 4.74 Å². The first-order chi connectivity index (χ1) is 19.5. The maximum Gasteiger partial charge on any atom is 0.253 e. The van der Waals surface area contributed by atoms with Gasteiger partial charge in [-0.3, -0.25) is 4.79 Å². The maximum atomic E-state index is 13.3. The molecule has 6 rings (SSSR count). The van der Waals surface area contributed by atoms with Gasteiger partial charge < -0.3 is 14.7 Å². The van der Waals surface area contributed by atoms with E-state index < -0.39 is 5.60 Å². The number of carbonyl (C=O) groups is 1. The molecule has 2 aliphatic rings. The highest BCUT2D eigenvalue weighted by atomic mass is 16.5. The second-order valence-electron chi connectivity index (χ2n) is 10.9. The lowest BCUT2D eigenvalue weighted by Gasteiger charge is -2.38. The van der Waals surface area contributed by atoms with Crippen molar-refractivity contribution >= 4 is 5.91 Å². The lowest BCUT2D eigenvalue weighted by atomic mass is 9.90. The number of carbonyl (C=O) groups excluding carboxylic acids is 1. The molecular formula is C32H31N5O3. The van der Waals surface area contributed by atoms with Crippen LogP contribution in [-0.2, 0) is 18.6 Å². The molecule has 2 fully saturated rings. The van der Waals surface area contributed by atoms with E-state index in [2.05, 4.69) is 40.6 Å². The number of benzene rings is 3. The molecule has 202 valence electrons. The van der Waals surface area contributed by atoms with Gasteiger partial charge in [0, 0.05) is 30.3 Å². The Morgan fingerprint density at radius 2 is 1.73 bits per heavy atom. The van der Waals surface area contributed by atoms with Crippen LogP contribution in [0.3, 0.4) is 0 Å². The van der Waals surface area contributed by atoms with E-state index in [1.165, 1.54) is 5.56 Å². The number of aliphatic hydroxyl groups is 1. The minimum atomic E-state index is -0.949. The normalized spacial score (nSPS) is 17.1. The van der Waals surface area contributed by atoms with Crippen molar-refractivity contribution in [2.24, 2.45) is 0 Å². The molecule has 0 spiro atoms. The number of nitriles is 1. The standard InChI is InChI=1S/C32H31N5O3/c33-20-26-8-4-5-12-28(26)40-22-24-7-6-9-25(19-24)30(38)36-17-15-31(39,16-18-36)23-37-21-29(34-35-37)32(13-14-32)27-10-2-1-3-11-27/h1-12,19,21,39H,13-18,22-23H2. The summed E-state index contributed by atoms with van der Waals surface area (Å²) in [5.41, 5.74) is 3.10. The van der Waals surface area contributed by atoms with Crippen LogP contribution in [0.15, 0.2) is 85.1 Å². The van der Waals surface area contributed by atoms with Crippen molar-refractivity contribution in [1.29, 1.82) is 5.26 Å². The van der Waals surface area contributed by atoms with Gasteiger partial charge in [-0.05, 0) is 61.1 Å². The Hall–Kier alpha value is -4.48. The van der Waals surface area contributed by atoms with Gasteiger partial charge in [-0.1, -0.05) is 59.8 Å². The average Bonchev–Trinajstić information content (AvgIpc) is 3.68. The van der Waals surface area contributed by atoms with E-state index >= 15 is 0 Å². The van der Waals surface area contributed by atoms with Gasteiger partial charge in [0.05, 0.1) is 23.4 Å². The van der Waals surface area contributed by atoms with E-state index in [0.29, 0.717) is 49.4 Å². The number of hydrogen-bond acceptors (Lipinski definition) is 6. The average molecular weight is 534 g/mol. The Labute approximate surface area is 233 Å². The molecule has 1 aliphatic heterocycles. The molecule has 40 heavy (non-hydrogen) atoms. The number of para-hydroxylation sites is 1. The van der Waals surface area contributed by atoms with Gasteiger partial charge in [-0.15, -0.1) is 5.10 Å². The molecular weight excluding hydrogens is 502 g/mol. The molecule has 1 aromatic heterocycles. The van der Waals surface area contributed by atoms with Crippen LogP contribution in [-0.4, -0.2) is 49.6 Å². The fraction of sp³-hybridized carbons (Fsp3) is 0.312. The lowest BCUT2D eigenvalue weighted by Crippen LogP contribution is -2.48. The predicted molar refractivity (Wildman–Crippen MR) is 148 cm³/mol. The second kappa shape index (κ2) is 10.6. The highest BCUT2D eigenvalue weighted by molar-refractivity contribution is 5.94. The molecule has 8 nitrogen and oxygen atoms in total. The first-order valence-corrected chi connectivity index (χ1v) is 13.7. The smallest absolute Gasteiger partial charge is 0.253 e. The topological polar surface area (TPSA) is 104 Å². The number of nitrogens with zero attached hydrogens (tertiary/aromatic N) is 5. The molecule has 2 heterocycles. The quantitative estimate of drug-likeness (QED) is 0.358. The Morgan fingerprint density at radius 3 is 2.48 bits per heavy atom. The van der Waals surface area contributed by atoms with E-state index in [1.54, 1.807) is 33.8 Å². The van der Waals surface area contributed by atoms with E-state index in [4.69, 9.17) is 4.74 Å². The molecule has 0 bridgehead atoms.